The molecular weight excluding hydrogens is 318 g/mol. The van der Waals surface area contributed by atoms with E-state index in [0.717, 1.165) is 39.1 Å². The molecule has 0 radical (unpaired) electrons. The first-order valence-corrected chi connectivity index (χ1v) is 9.42. The van der Waals surface area contributed by atoms with Gasteiger partial charge in [-0.3, -0.25) is 9.69 Å². The molecule has 24 heavy (non-hydrogen) atoms. The molecule has 1 fully saturated rings. The smallest absolute Gasteiger partial charge is 0.234 e. The van der Waals surface area contributed by atoms with E-state index >= 15 is 0 Å². The fourth-order valence-corrected chi connectivity index (χ4v) is 3.81. The predicted octanol–water partition coefficient (Wildman–Crippen LogP) is 2.54. The maximum atomic E-state index is 12.1. The van der Waals surface area contributed by atoms with Crippen molar-refractivity contribution in [1.29, 1.82) is 0 Å². The largest absolute Gasteiger partial charge is 0.369 e. The standard InChI is InChI=1S/C19H25N3OS/c1-16-5-2-3-7-18(16)22-12-10-21(11-13-22)15-19(23)20-9-8-17-6-4-14-24-17/h2-7,14H,8-13,15H2,1H3,(H,20,23). The van der Waals surface area contributed by atoms with Gasteiger partial charge in [0, 0.05) is 43.3 Å². The van der Waals surface area contributed by atoms with Crippen LogP contribution < -0.4 is 10.2 Å². The molecule has 0 saturated carbocycles. The molecule has 1 amide bonds. The van der Waals surface area contributed by atoms with Crippen LogP contribution in [0.4, 0.5) is 5.69 Å². The van der Waals surface area contributed by atoms with Gasteiger partial charge in [-0.15, -0.1) is 11.3 Å². The van der Waals surface area contributed by atoms with Crippen molar-refractivity contribution in [2.45, 2.75) is 13.3 Å². The molecule has 1 saturated heterocycles. The van der Waals surface area contributed by atoms with E-state index in [1.807, 2.05) is 0 Å². The number of rotatable bonds is 6. The number of carbonyl (C=O) groups excluding carboxylic acids is 1. The number of carbonyl (C=O) groups is 1. The molecule has 4 nitrogen and oxygen atoms in total. The Morgan fingerprint density at radius 1 is 1.12 bits per heavy atom. The monoisotopic (exact) mass is 343 g/mol. The third-order valence-electron chi connectivity index (χ3n) is 4.47. The number of piperazine rings is 1. The highest BCUT2D eigenvalue weighted by atomic mass is 32.1. The number of anilines is 1. The molecule has 2 heterocycles. The Labute approximate surface area is 148 Å². The van der Waals surface area contributed by atoms with E-state index < -0.39 is 0 Å². The van der Waals surface area contributed by atoms with Crippen molar-refractivity contribution < 1.29 is 4.79 Å². The number of nitrogens with zero attached hydrogens (tertiary/aromatic N) is 2. The van der Waals surface area contributed by atoms with E-state index in [-0.39, 0.29) is 5.91 Å². The van der Waals surface area contributed by atoms with Crippen molar-refractivity contribution in [3.05, 3.63) is 52.2 Å². The summed E-state index contributed by atoms with van der Waals surface area (Å²) >= 11 is 1.74. The van der Waals surface area contributed by atoms with Gasteiger partial charge in [0.15, 0.2) is 0 Å². The van der Waals surface area contributed by atoms with Crippen LogP contribution in [0.2, 0.25) is 0 Å². The Kier molecular flexibility index (Phi) is 5.88. The van der Waals surface area contributed by atoms with Gasteiger partial charge in [-0.2, -0.15) is 0 Å². The van der Waals surface area contributed by atoms with Crippen LogP contribution in [0.25, 0.3) is 0 Å². The molecule has 5 heteroatoms. The zero-order chi connectivity index (χ0) is 16.8. The molecule has 0 unspecified atom stereocenters. The van der Waals surface area contributed by atoms with E-state index in [0.29, 0.717) is 6.54 Å². The lowest BCUT2D eigenvalue weighted by Crippen LogP contribution is -2.49. The summed E-state index contributed by atoms with van der Waals surface area (Å²) in [5.74, 6) is 0.135. The minimum Gasteiger partial charge on any atom is -0.369 e. The van der Waals surface area contributed by atoms with Gasteiger partial charge in [0.2, 0.25) is 5.91 Å². The number of hydrogen-bond donors (Lipinski definition) is 1. The van der Waals surface area contributed by atoms with Crippen LogP contribution >= 0.6 is 11.3 Å². The summed E-state index contributed by atoms with van der Waals surface area (Å²) in [6.07, 6.45) is 0.921. The average Bonchev–Trinajstić information content (AvgIpc) is 3.10. The highest BCUT2D eigenvalue weighted by Crippen LogP contribution is 2.20. The van der Waals surface area contributed by atoms with Crippen LogP contribution in [0.1, 0.15) is 10.4 Å². The number of hydrogen-bond acceptors (Lipinski definition) is 4. The normalized spacial score (nSPS) is 15.5. The summed E-state index contributed by atoms with van der Waals surface area (Å²) in [5, 5.41) is 5.11. The number of benzene rings is 1. The first-order chi connectivity index (χ1) is 11.7. The van der Waals surface area contributed by atoms with Gasteiger partial charge in [-0.1, -0.05) is 24.3 Å². The second kappa shape index (κ2) is 8.31. The number of amides is 1. The van der Waals surface area contributed by atoms with Gasteiger partial charge < -0.3 is 10.2 Å². The molecule has 1 N–H and O–H groups in total. The molecule has 0 atom stereocenters. The van der Waals surface area contributed by atoms with E-state index in [1.165, 1.54) is 16.1 Å². The lowest BCUT2D eigenvalue weighted by Gasteiger charge is -2.36. The summed E-state index contributed by atoms with van der Waals surface area (Å²) in [6.45, 7) is 7.22. The lowest BCUT2D eigenvalue weighted by molar-refractivity contribution is -0.122. The SMILES string of the molecule is Cc1ccccc1N1CCN(CC(=O)NCCc2cccs2)CC1. The van der Waals surface area contributed by atoms with E-state index in [4.69, 9.17) is 0 Å². The number of nitrogens with one attached hydrogen (secondary N) is 1. The van der Waals surface area contributed by atoms with Crippen LogP contribution in [0.5, 0.6) is 0 Å². The molecule has 128 valence electrons. The van der Waals surface area contributed by atoms with Gasteiger partial charge in [0.05, 0.1) is 6.54 Å². The average molecular weight is 343 g/mol. The molecule has 0 bridgehead atoms. The number of para-hydroxylation sites is 1. The van der Waals surface area contributed by atoms with Crippen molar-refractivity contribution in [2.75, 3.05) is 44.2 Å². The van der Waals surface area contributed by atoms with Crippen LogP contribution in [-0.2, 0) is 11.2 Å². The summed E-state index contributed by atoms with van der Waals surface area (Å²) in [6, 6.07) is 12.7. The van der Waals surface area contributed by atoms with Crippen molar-refractivity contribution in [2.24, 2.45) is 0 Å². The summed E-state index contributed by atoms with van der Waals surface area (Å²) in [4.78, 5) is 18.1. The Morgan fingerprint density at radius 2 is 1.92 bits per heavy atom. The Bertz CT molecular complexity index is 648. The zero-order valence-electron chi connectivity index (χ0n) is 14.2. The maximum Gasteiger partial charge on any atom is 0.234 e. The molecule has 1 aliphatic rings. The third kappa shape index (κ3) is 4.58. The second-order valence-electron chi connectivity index (χ2n) is 6.23. The van der Waals surface area contributed by atoms with E-state index in [1.54, 1.807) is 11.3 Å². The van der Waals surface area contributed by atoms with Gasteiger partial charge in [0.1, 0.15) is 0 Å². The molecule has 3 rings (SSSR count). The Balaban J connectivity index is 1.39. The van der Waals surface area contributed by atoms with Crippen molar-refractivity contribution in [3.8, 4) is 0 Å². The van der Waals surface area contributed by atoms with Gasteiger partial charge >= 0.3 is 0 Å². The quantitative estimate of drug-likeness (QED) is 0.875. The van der Waals surface area contributed by atoms with Crippen LogP contribution in [0, 0.1) is 6.92 Å². The predicted molar refractivity (Wildman–Crippen MR) is 101 cm³/mol. The molecule has 0 aliphatic carbocycles. The van der Waals surface area contributed by atoms with Crippen LogP contribution in [0.3, 0.4) is 0 Å². The number of thiophene rings is 1. The van der Waals surface area contributed by atoms with Gasteiger partial charge in [-0.05, 0) is 36.4 Å². The van der Waals surface area contributed by atoms with Crippen molar-refractivity contribution >= 4 is 22.9 Å². The molecular formula is C19H25N3OS. The van der Waals surface area contributed by atoms with Crippen LogP contribution in [-0.4, -0.2) is 50.1 Å². The highest BCUT2D eigenvalue weighted by molar-refractivity contribution is 7.09. The summed E-state index contributed by atoms with van der Waals surface area (Å²) in [5.41, 5.74) is 2.63. The van der Waals surface area contributed by atoms with Gasteiger partial charge in [0.25, 0.3) is 0 Å². The zero-order valence-corrected chi connectivity index (χ0v) is 15.0. The highest BCUT2D eigenvalue weighted by Gasteiger charge is 2.19. The molecule has 1 aromatic heterocycles. The fraction of sp³-hybridized carbons (Fsp3) is 0.421. The maximum absolute atomic E-state index is 12.1. The molecule has 2 aromatic rings. The summed E-state index contributed by atoms with van der Waals surface area (Å²) < 4.78 is 0. The topological polar surface area (TPSA) is 35.6 Å². The van der Waals surface area contributed by atoms with Crippen molar-refractivity contribution in [3.63, 3.8) is 0 Å². The second-order valence-corrected chi connectivity index (χ2v) is 7.26. The molecule has 0 spiro atoms. The summed E-state index contributed by atoms with van der Waals surface area (Å²) in [7, 11) is 0. The fourth-order valence-electron chi connectivity index (χ4n) is 3.10. The van der Waals surface area contributed by atoms with E-state index in [2.05, 4.69) is 63.8 Å². The minimum atomic E-state index is 0.135. The first-order valence-electron chi connectivity index (χ1n) is 8.54. The molecule has 1 aromatic carbocycles. The number of aryl methyl sites for hydroxylation is 1. The van der Waals surface area contributed by atoms with Crippen LogP contribution in [0.15, 0.2) is 41.8 Å². The minimum absolute atomic E-state index is 0.135. The van der Waals surface area contributed by atoms with Gasteiger partial charge in [-0.25, -0.2) is 0 Å². The molecule has 1 aliphatic heterocycles. The Hall–Kier alpha value is -1.85. The first kappa shape index (κ1) is 17.0. The Morgan fingerprint density at radius 3 is 2.62 bits per heavy atom. The van der Waals surface area contributed by atoms with E-state index in [9.17, 15) is 4.79 Å². The lowest BCUT2D eigenvalue weighted by atomic mass is 10.1. The third-order valence-corrected chi connectivity index (χ3v) is 5.41. The van der Waals surface area contributed by atoms with Crippen molar-refractivity contribution in [1.82, 2.24) is 10.2 Å².